The second-order valence-electron chi connectivity index (χ2n) is 10.4. The highest BCUT2D eigenvalue weighted by atomic mass is 32.1. The number of hydrogen-bond acceptors (Lipinski definition) is 7. The highest BCUT2D eigenvalue weighted by molar-refractivity contribution is 7.19. The van der Waals surface area contributed by atoms with Crippen molar-refractivity contribution in [2.75, 3.05) is 7.05 Å². The molecule has 1 amide bonds. The predicted molar refractivity (Wildman–Crippen MR) is 129 cm³/mol. The van der Waals surface area contributed by atoms with Crippen LogP contribution in [0.1, 0.15) is 82.6 Å². The molecule has 8 heteroatoms. The second kappa shape index (κ2) is 9.46. The molecule has 7 nitrogen and oxygen atoms in total. The summed E-state index contributed by atoms with van der Waals surface area (Å²) in [6, 6.07) is 2.54. The van der Waals surface area contributed by atoms with E-state index in [4.69, 9.17) is 9.47 Å². The van der Waals surface area contributed by atoms with Crippen molar-refractivity contribution in [3.05, 3.63) is 16.8 Å². The fourth-order valence-corrected chi connectivity index (χ4v) is 6.27. The fourth-order valence-electron chi connectivity index (χ4n) is 5.04. The molecular formula is C25H34N4O3S. The van der Waals surface area contributed by atoms with Gasteiger partial charge in [-0.05, 0) is 84.1 Å². The molecule has 0 spiro atoms. The van der Waals surface area contributed by atoms with E-state index in [1.807, 2.05) is 34.7 Å². The first-order valence-corrected chi connectivity index (χ1v) is 12.8. The quantitative estimate of drug-likeness (QED) is 0.546. The Bertz CT molecular complexity index is 1050. The molecule has 33 heavy (non-hydrogen) atoms. The van der Waals surface area contributed by atoms with Gasteiger partial charge in [0.15, 0.2) is 0 Å². The molecule has 4 rings (SSSR count). The van der Waals surface area contributed by atoms with Crippen molar-refractivity contribution < 1.29 is 14.3 Å². The SMILES string of the molecule is C[C@H](C#N)C[C@H]1CCc2sc3ncnc(O[C@H]4CC[C@H](N(C)C(=O)OC(C)(C)C)CC4)c3c21. The molecule has 0 bridgehead atoms. The first-order valence-electron chi connectivity index (χ1n) is 11.9. The molecule has 178 valence electrons. The Hall–Kier alpha value is -2.40. The number of carbonyl (C=O) groups is 1. The number of carbonyl (C=O) groups excluding carboxylic acids is 1. The van der Waals surface area contributed by atoms with E-state index in [-0.39, 0.29) is 24.2 Å². The minimum Gasteiger partial charge on any atom is -0.474 e. The van der Waals surface area contributed by atoms with E-state index in [2.05, 4.69) is 16.0 Å². The summed E-state index contributed by atoms with van der Waals surface area (Å²) in [6.07, 6.45) is 7.87. The van der Waals surface area contributed by atoms with Crippen molar-refractivity contribution in [1.82, 2.24) is 14.9 Å². The normalized spacial score (nSPS) is 23.6. The van der Waals surface area contributed by atoms with E-state index < -0.39 is 5.60 Å². The summed E-state index contributed by atoms with van der Waals surface area (Å²) in [5.41, 5.74) is 0.819. The number of rotatable bonds is 5. The van der Waals surface area contributed by atoms with Crippen molar-refractivity contribution >= 4 is 27.6 Å². The van der Waals surface area contributed by atoms with E-state index in [0.29, 0.717) is 11.8 Å². The molecule has 0 N–H and O–H groups in total. The molecule has 2 aromatic rings. The summed E-state index contributed by atoms with van der Waals surface area (Å²) in [5.74, 6) is 1.08. The van der Waals surface area contributed by atoms with Crippen LogP contribution >= 0.6 is 11.3 Å². The van der Waals surface area contributed by atoms with Crippen molar-refractivity contribution in [1.29, 1.82) is 5.26 Å². The van der Waals surface area contributed by atoms with E-state index in [1.165, 1.54) is 10.4 Å². The van der Waals surface area contributed by atoms with Gasteiger partial charge in [-0.25, -0.2) is 14.8 Å². The number of thiophene rings is 1. The number of hydrogen-bond donors (Lipinski definition) is 0. The summed E-state index contributed by atoms with van der Waals surface area (Å²) in [6.45, 7) is 7.66. The molecule has 2 atom stereocenters. The number of ether oxygens (including phenoxy) is 2. The maximum Gasteiger partial charge on any atom is 0.410 e. The molecule has 1 fully saturated rings. The minimum absolute atomic E-state index is 0.0298. The second-order valence-corrected chi connectivity index (χ2v) is 11.5. The molecule has 0 saturated heterocycles. The van der Waals surface area contributed by atoms with E-state index >= 15 is 0 Å². The molecule has 2 aliphatic carbocycles. The molecule has 2 aliphatic rings. The van der Waals surface area contributed by atoms with Gasteiger partial charge in [0.05, 0.1) is 11.5 Å². The van der Waals surface area contributed by atoms with Crippen LogP contribution in [0.25, 0.3) is 10.2 Å². The summed E-state index contributed by atoms with van der Waals surface area (Å²) in [4.78, 5) is 25.6. The zero-order valence-corrected chi connectivity index (χ0v) is 21.1. The van der Waals surface area contributed by atoms with Crippen LogP contribution in [0.3, 0.4) is 0 Å². The molecule has 0 aliphatic heterocycles. The van der Waals surface area contributed by atoms with Crippen molar-refractivity contribution in [2.45, 2.75) is 96.3 Å². The lowest BCUT2D eigenvalue weighted by Crippen LogP contribution is -2.43. The van der Waals surface area contributed by atoms with Crippen LogP contribution in [-0.4, -0.2) is 45.8 Å². The average molecular weight is 471 g/mol. The van der Waals surface area contributed by atoms with Gasteiger partial charge < -0.3 is 14.4 Å². The Morgan fingerprint density at radius 2 is 2.00 bits per heavy atom. The van der Waals surface area contributed by atoms with Crippen molar-refractivity contribution in [3.63, 3.8) is 0 Å². The Morgan fingerprint density at radius 3 is 2.67 bits per heavy atom. The Kier molecular flexibility index (Phi) is 6.81. The molecule has 0 unspecified atom stereocenters. The van der Waals surface area contributed by atoms with E-state index in [9.17, 15) is 10.1 Å². The van der Waals surface area contributed by atoms with Crippen LogP contribution in [0, 0.1) is 17.2 Å². The zero-order chi connectivity index (χ0) is 23.8. The van der Waals surface area contributed by atoms with E-state index in [1.54, 1.807) is 22.6 Å². The van der Waals surface area contributed by atoms with Gasteiger partial charge in [-0.3, -0.25) is 0 Å². The van der Waals surface area contributed by atoms with Crippen LogP contribution in [0.15, 0.2) is 6.33 Å². The Labute approximate surface area is 200 Å². The maximum absolute atomic E-state index is 12.4. The highest BCUT2D eigenvalue weighted by Crippen LogP contribution is 2.48. The molecular weight excluding hydrogens is 436 g/mol. The molecule has 0 radical (unpaired) electrons. The summed E-state index contributed by atoms with van der Waals surface area (Å²) in [7, 11) is 1.82. The van der Waals surface area contributed by atoms with Gasteiger partial charge in [-0.2, -0.15) is 5.26 Å². The maximum atomic E-state index is 12.4. The van der Waals surface area contributed by atoms with Gasteiger partial charge in [-0.1, -0.05) is 0 Å². The standard InChI is InChI=1S/C25H34N4O3S/c1-15(13-26)12-16-6-11-19-20(16)21-22(27-14-28-23(21)33-19)31-18-9-7-17(8-10-18)29(5)24(30)32-25(2,3)4/h14-18H,6-12H2,1-5H3/t15-,16+,17-,18-/m0/s1. The first kappa shape index (κ1) is 23.7. The number of fused-ring (bicyclic) bond motifs is 3. The first-order chi connectivity index (χ1) is 15.7. The Morgan fingerprint density at radius 1 is 1.27 bits per heavy atom. The number of amides is 1. The number of nitriles is 1. The number of aryl methyl sites for hydroxylation is 1. The monoisotopic (exact) mass is 470 g/mol. The molecule has 1 saturated carbocycles. The topological polar surface area (TPSA) is 88.3 Å². The summed E-state index contributed by atoms with van der Waals surface area (Å²) < 4.78 is 12.0. The number of nitrogens with zero attached hydrogens (tertiary/aromatic N) is 4. The molecule has 2 aromatic heterocycles. The van der Waals surface area contributed by atoms with Crippen LogP contribution < -0.4 is 4.74 Å². The minimum atomic E-state index is -0.492. The van der Waals surface area contributed by atoms with E-state index in [0.717, 1.165) is 55.2 Å². The van der Waals surface area contributed by atoms with Gasteiger partial charge in [0, 0.05) is 23.9 Å². The van der Waals surface area contributed by atoms with Gasteiger partial charge in [-0.15, -0.1) is 11.3 Å². The Balaban J connectivity index is 1.45. The van der Waals surface area contributed by atoms with Gasteiger partial charge >= 0.3 is 6.09 Å². The molecule has 2 heterocycles. The van der Waals surface area contributed by atoms with Crippen LogP contribution in [0.5, 0.6) is 5.88 Å². The van der Waals surface area contributed by atoms with Crippen molar-refractivity contribution in [2.24, 2.45) is 5.92 Å². The summed E-state index contributed by atoms with van der Waals surface area (Å²) >= 11 is 1.74. The van der Waals surface area contributed by atoms with Gasteiger partial charge in [0.25, 0.3) is 0 Å². The fraction of sp³-hybridized carbons (Fsp3) is 0.680. The smallest absolute Gasteiger partial charge is 0.410 e. The largest absolute Gasteiger partial charge is 0.474 e. The van der Waals surface area contributed by atoms with Gasteiger partial charge in [0.1, 0.15) is 22.9 Å². The summed E-state index contributed by atoms with van der Waals surface area (Å²) in [5, 5.41) is 10.4. The lowest BCUT2D eigenvalue weighted by atomic mass is 9.91. The lowest BCUT2D eigenvalue weighted by Gasteiger charge is -2.35. The van der Waals surface area contributed by atoms with Crippen LogP contribution in [0.4, 0.5) is 4.79 Å². The van der Waals surface area contributed by atoms with Crippen LogP contribution in [0.2, 0.25) is 0 Å². The van der Waals surface area contributed by atoms with Gasteiger partial charge in [0.2, 0.25) is 5.88 Å². The van der Waals surface area contributed by atoms with Crippen molar-refractivity contribution in [3.8, 4) is 11.9 Å². The highest BCUT2D eigenvalue weighted by Gasteiger charge is 2.33. The zero-order valence-electron chi connectivity index (χ0n) is 20.3. The lowest BCUT2D eigenvalue weighted by molar-refractivity contribution is 0.0138. The third-order valence-electron chi connectivity index (χ3n) is 6.71. The molecule has 0 aromatic carbocycles. The number of aromatic nitrogens is 2. The van der Waals surface area contributed by atoms with Crippen LogP contribution in [-0.2, 0) is 11.2 Å². The third kappa shape index (κ3) is 5.24. The average Bonchev–Trinajstić information content (AvgIpc) is 3.32. The third-order valence-corrected chi connectivity index (χ3v) is 7.88. The predicted octanol–water partition coefficient (Wildman–Crippen LogP) is 5.83.